The molecule has 132 valence electrons. The Morgan fingerprint density at radius 3 is 2.65 bits per heavy atom. The fraction of sp³-hybridized carbons (Fsp3) is 0.227. The molecule has 26 heavy (non-hydrogen) atoms. The van der Waals surface area contributed by atoms with E-state index in [1.807, 2.05) is 36.4 Å². The summed E-state index contributed by atoms with van der Waals surface area (Å²) in [4.78, 5) is 16.4. The third-order valence-corrected chi connectivity index (χ3v) is 5.84. The van der Waals surface area contributed by atoms with Crippen LogP contribution in [0.1, 0.15) is 23.8 Å². The molecule has 4 rings (SSSR count). The topological polar surface area (TPSA) is 32.3 Å². The number of para-hydroxylation sites is 1. The van der Waals surface area contributed by atoms with Gasteiger partial charge in [0.15, 0.2) is 0 Å². The minimum absolute atomic E-state index is 0.0526. The summed E-state index contributed by atoms with van der Waals surface area (Å²) in [6.07, 6.45) is 2.28. The van der Waals surface area contributed by atoms with Gasteiger partial charge in [0, 0.05) is 22.2 Å². The first-order valence-electron chi connectivity index (χ1n) is 9.03. The van der Waals surface area contributed by atoms with E-state index in [0.717, 1.165) is 36.2 Å². The van der Waals surface area contributed by atoms with Crippen LogP contribution in [-0.2, 0) is 4.79 Å². The van der Waals surface area contributed by atoms with Crippen LogP contribution in [0.2, 0.25) is 0 Å². The number of rotatable bonds is 5. The highest BCUT2D eigenvalue weighted by molar-refractivity contribution is 7.10. The molecule has 1 N–H and O–H groups in total. The van der Waals surface area contributed by atoms with Gasteiger partial charge in [0.2, 0.25) is 5.91 Å². The normalized spacial score (nSPS) is 17.3. The molecule has 0 aliphatic carbocycles. The van der Waals surface area contributed by atoms with E-state index in [2.05, 4.69) is 45.9 Å². The minimum Gasteiger partial charge on any atom is -0.324 e. The van der Waals surface area contributed by atoms with Crippen molar-refractivity contribution >= 4 is 22.9 Å². The van der Waals surface area contributed by atoms with Crippen molar-refractivity contribution in [3.05, 3.63) is 77.0 Å². The molecular weight excluding hydrogens is 340 g/mol. The number of anilines is 1. The van der Waals surface area contributed by atoms with Crippen LogP contribution in [0.3, 0.4) is 0 Å². The maximum absolute atomic E-state index is 12.7. The van der Waals surface area contributed by atoms with Crippen LogP contribution in [0, 0.1) is 0 Å². The molecule has 0 bridgehead atoms. The Labute approximate surface area is 158 Å². The maximum Gasteiger partial charge on any atom is 0.238 e. The van der Waals surface area contributed by atoms with Crippen LogP contribution in [0.25, 0.3) is 11.1 Å². The summed E-state index contributed by atoms with van der Waals surface area (Å²) in [7, 11) is 0. The zero-order valence-corrected chi connectivity index (χ0v) is 15.4. The molecule has 0 unspecified atom stereocenters. The number of likely N-dealkylation sites (tertiary alicyclic amines) is 1. The van der Waals surface area contributed by atoms with Crippen molar-refractivity contribution in [2.75, 3.05) is 18.4 Å². The van der Waals surface area contributed by atoms with Crippen molar-refractivity contribution in [2.24, 2.45) is 0 Å². The van der Waals surface area contributed by atoms with E-state index in [1.165, 1.54) is 4.88 Å². The monoisotopic (exact) mass is 362 g/mol. The number of amides is 1. The van der Waals surface area contributed by atoms with Crippen LogP contribution in [0.4, 0.5) is 5.69 Å². The quantitative estimate of drug-likeness (QED) is 0.677. The van der Waals surface area contributed by atoms with Gasteiger partial charge in [-0.05, 0) is 42.5 Å². The van der Waals surface area contributed by atoms with Gasteiger partial charge < -0.3 is 5.32 Å². The average molecular weight is 362 g/mol. The molecule has 2 heterocycles. The third-order valence-electron chi connectivity index (χ3n) is 4.87. The molecule has 1 amide bonds. The molecule has 1 aromatic heterocycles. The largest absolute Gasteiger partial charge is 0.324 e. The van der Waals surface area contributed by atoms with Crippen molar-refractivity contribution in [1.29, 1.82) is 0 Å². The summed E-state index contributed by atoms with van der Waals surface area (Å²) >= 11 is 1.78. The molecule has 3 nitrogen and oxygen atoms in total. The summed E-state index contributed by atoms with van der Waals surface area (Å²) in [6, 6.07) is 22.8. The number of nitrogens with one attached hydrogen (secondary N) is 1. The lowest BCUT2D eigenvalue weighted by Gasteiger charge is -2.23. The molecule has 0 spiro atoms. The first-order valence-corrected chi connectivity index (χ1v) is 9.91. The Bertz CT molecular complexity index is 861. The predicted octanol–water partition coefficient (Wildman–Crippen LogP) is 5.19. The van der Waals surface area contributed by atoms with Crippen molar-refractivity contribution in [2.45, 2.75) is 18.9 Å². The Balaban J connectivity index is 1.47. The average Bonchev–Trinajstić information content (AvgIpc) is 3.34. The maximum atomic E-state index is 12.7. The molecule has 0 saturated carbocycles. The molecular formula is C22H22N2OS. The smallest absolute Gasteiger partial charge is 0.238 e. The zero-order valence-electron chi connectivity index (χ0n) is 14.6. The van der Waals surface area contributed by atoms with Gasteiger partial charge in [0.05, 0.1) is 6.54 Å². The van der Waals surface area contributed by atoms with E-state index in [0.29, 0.717) is 12.6 Å². The predicted molar refractivity (Wildman–Crippen MR) is 108 cm³/mol. The van der Waals surface area contributed by atoms with Crippen molar-refractivity contribution in [3.8, 4) is 11.1 Å². The lowest BCUT2D eigenvalue weighted by atomic mass is 10.0. The highest BCUT2D eigenvalue weighted by atomic mass is 32.1. The fourth-order valence-corrected chi connectivity index (χ4v) is 4.55. The van der Waals surface area contributed by atoms with Gasteiger partial charge in [-0.3, -0.25) is 9.69 Å². The number of nitrogens with zero attached hydrogens (tertiary/aromatic N) is 1. The number of carbonyl (C=O) groups excluding carboxylic acids is 1. The van der Waals surface area contributed by atoms with E-state index in [9.17, 15) is 4.79 Å². The standard InChI is InChI=1S/C22H22N2OS/c25-22(16-24-14-6-12-20(24)21-13-7-15-26-21)23-19-11-5-4-10-18(19)17-8-2-1-3-9-17/h1-5,7-11,13,15,20H,6,12,14,16H2,(H,23,25)/t20-/m1/s1. The van der Waals surface area contributed by atoms with Gasteiger partial charge in [-0.1, -0.05) is 54.6 Å². The molecule has 1 aliphatic rings. The fourth-order valence-electron chi connectivity index (χ4n) is 3.65. The molecule has 4 heteroatoms. The molecule has 0 radical (unpaired) electrons. The number of carbonyl (C=O) groups is 1. The highest BCUT2D eigenvalue weighted by Crippen LogP contribution is 2.34. The lowest BCUT2D eigenvalue weighted by molar-refractivity contribution is -0.117. The van der Waals surface area contributed by atoms with Crippen LogP contribution in [-0.4, -0.2) is 23.9 Å². The molecule has 2 aromatic carbocycles. The van der Waals surface area contributed by atoms with Crippen molar-refractivity contribution in [3.63, 3.8) is 0 Å². The molecule has 1 fully saturated rings. The van der Waals surface area contributed by atoms with Crippen molar-refractivity contribution < 1.29 is 4.79 Å². The summed E-state index contributed by atoms with van der Waals surface area (Å²) in [5.74, 6) is 0.0526. The van der Waals surface area contributed by atoms with Gasteiger partial charge in [-0.15, -0.1) is 11.3 Å². The number of thiophene rings is 1. The Kier molecular flexibility index (Phi) is 5.14. The number of hydrogen-bond acceptors (Lipinski definition) is 3. The molecule has 3 aromatic rings. The second-order valence-electron chi connectivity index (χ2n) is 6.60. The van der Waals surface area contributed by atoms with Gasteiger partial charge in [0.1, 0.15) is 0 Å². The Morgan fingerprint density at radius 2 is 1.85 bits per heavy atom. The van der Waals surface area contributed by atoms with Crippen LogP contribution >= 0.6 is 11.3 Å². The minimum atomic E-state index is 0.0526. The number of benzene rings is 2. The summed E-state index contributed by atoms with van der Waals surface area (Å²) in [5.41, 5.74) is 3.04. The van der Waals surface area contributed by atoms with E-state index in [1.54, 1.807) is 11.3 Å². The first kappa shape index (κ1) is 17.0. The van der Waals surface area contributed by atoms with Crippen LogP contribution in [0.5, 0.6) is 0 Å². The third kappa shape index (κ3) is 3.71. The lowest BCUT2D eigenvalue weighted by Crippen LogP contribution is -2.32. The van der Waals surface area contributed by atoms with E-state index >= 15 is 0 Å². The van der Waals surface area contributed by atoms with E-state index in [4.69, 9.17) is 0 Å². The second-order valence-corrected chi connectivity index (χ2v) is 7.58. The number of hydrogen-bond donors (Lipinski definition) is 1. The highest BCUT2D eigenvalue weighted by Gasteiger charge is 2.28. The van der Waals surface area contributed by atoms with Gasteiger partial charge in [-0.25, -0.2) is 0 Å². The van der Waals surface area contributed by atoms with E-state index < -0.39 is 0 Å². The van der Waals surface area contributed by atoms with Crippen molar-refractivity contribution in [1.82, 2.24) is 4.90 Å². The van der Waals surface area contributed by atoms with Gasteiger partial charge >= 0.3 is 0 Å². The summed E-state index contributed by atoms with van der Waals surface area (Å²) < 4.78 is 0. The second kappa shape index (κ2) is 7.85. The summed E-state index contributed by atoms with van der Waals surface area (Å²) in [5, 5.41) is 5.24. The Hall–Kier alpha value is -2.43. The molecule has 1 aliphatic heterocycles. The van der Waals surface area contributed by atoms with Gasteiger partial charge in [0.25, 0.3) is 0 Å². The zero-order chi connectivity index (χ0) is 17.8. The summed E-state index contributed by atoms with van der Waals surface area (Å²) in [6.45, 7) is 1.42. The first-order chi connectivity index (χ1) is 12.8. The van der Waals surface area contributed by atoms with Crippen LogP contribution in [0.15, 0.2) is 72.1 Å². The van der Waals surface area contributed by atoms with Crippen LogP contribution < -0.4 is 5.32 Å². The molecule has 1 atom stereocenters. The molecule has 1 saturated heterocycles. The van der Waals surface area contributed by atoms with E-state index in [-0.39, 0.29) is 5.91 Å². The van der Waals surface area contributed by atoms with Gasteiger partial charge in [-0.2, -0.15) is 0 Å². The SMILES string of the molecule is O=C(CN1CCC[C@@H]1c1cccs1)Nc1ccccc1-c1ccccc1. The Morgan fingerprint density at radius 1 is 1.04 bits per heavy atom.